The third kappa shape index (κ3) is 5.57. The fraction of sp³-hybridized carbons (Fsp3) is 0. The van der Waals surface area contributed by atoms with Crippen LogP contribution in [0.2, 0.25) is 0 Å². The van der Waals surface area contributed by atoms with Gasteiger partial charge in [0, 0.05) is 39.2 Å². The zero-order chi connectivity index (χ0) is 33.3. The molecule has 0 amide bonds. The van der Waals surface area contributed by atoms with Crippen molar-refractivity contribution in [3.8, 4) is 67.8 Å². The van der Waals surface area contributed by atoms with E-state index in [2.05, 4.69) is 103 Å². The molecule has 3 aromatic heterocycles. The molecule has 0 aliphatic rings. The summed E-state index contributed by atoms with van der Waals surface area (Å²) in [5.41, 5.74) is 9.90. The molecule has 0 aliphatic heterocycles. The Morgan fingerprint density at radius 2 is 0.780 bits per heavy atom. The van der Waals surface area contributed by atoms with E-state index in [4.69, 9.17) is 24.9 Å². The Hall–Kier alpha value is -6.85. The lowest BCUT2D eigenvalue weighted by Crippen LogP contribution is -2.00. The largest absolute Gasteiger partial charge is 0.254 e. The van der Waals surface area contributed by atoms with Crippen molar-refractivity contribution in [2.24, 2.45) is 0 Å². The fourth-order valence-corrected chi connectivity index (χ4v) is 6.43. The Labute approximate surface area is 289 Å². The van der Waals surface area contributed by atoms with E-state index >= 15 is 0 Å². The Balaban J connectivity index is 1.02. The van der Waals surface area contributed by atoms with Gasteiger partial charge in [-0.3, -0.25) is 4.98 Å². The molecule has 0 unspecified atom stereocenters. The predicted molar refractivity (Wildman–Crippen MR) is 203 cm³/mol. The Morgan fingerprint density at radius 1 is 0.300 bits per heavy atom. The van der Waals surface area contributed by atoms with E-state index in [-0.39, 0.29) is 0 Å². The molecule has 0 spiro atoms. The van der Waals surface area contributed by atoms with E-state index in [1.165, 1.54) is 5.39 Å². The van der Waals surface area contributed by atoms with Gasteiger partial charge >= 0.3 is 0 Å². The van der Waals surface area contributed by atoms with Crippen molar-refractivity contribution in [1.29, 1.82) is 0 Å². The topological polar surface area (TPSA) is 64.5 Å². The van der Waals surface area contributed by atoms with Crippen LogP contribution in [0.5, 0.6) is 0 Å². The Morgan fingerprint density at radius 3 is 1.40 bits per heavy atom. The molecular formula is C45H29N5. The van der Waals surface area contributed by atoms with E-state index in [1.807, 2.05) is 72.9 Å². The summed E-state index contributed by atoms with van der Waals surface area (Å²) in [6.45, 7) is 0. The summed E-state index contributed by atoms with van der Waals surface area (Å²) in [5, 5.41) is 3.43. The lowest BCUT2D eigenvalue weighted by atomic mass is 9.98. The van der Waals surface area contributed by atoms with Gasteiger partial charge in [-0.25, -0.2) is 19.9 Å². The molecule has 0 fully saturated rings. The zero-order valence-corrected chi connectivity index (χ0v) is 27.0. The minimum Gasteiger partial charge on any atom is -0.254 e. The Kier molecular flexibility index (Phi) is 7.41. The van der Waals surface area contributed by atoms with Crippen molar-refractivity contribution in [3.63, 3.8) is 0 Å². The van der Waals surface area contributed by atoms with Gasteiger partial charge < -0.3 is 0 Å². The highest BCUT2D eigenvalue weighted by atomic mass is 15.0. The molecule has 0 bridgehead atoms. The molecule has 0 saturated carbocycles. The number of fused-ring (bicyclic) bond motifs is 3. The summed E-state index contributed by atoms with van der Waals surface area (Å²) in [6, 6.07) is 57.9. The second-order valence-electron chi connectivity index (χ2n) is 12.2. The highest BCUT2D eigenvalue weighted by molar-refractivity contribution is 6.10. The first-order valence-electron chi connectivity index (χ1n) is 16.6. The molecule has 0 radical (unpaired) electrons. The summed E-state index contributed by atoms with van der Waals surface area (Å²) >= 11 is 0. The Bertz CT molecular complexity index is 2560. The van der Waals surface area contributed by atoms with E-state index in [0.29, 0.717) is 17.5 Å². The minimum absolute atomic E-state index is 0.637. The number of hydrogen-bond donors (Lipinski definition) is 0. The third-order valence-corrected chi connectivity index (χ3v) is 8.99. The first-order chi connectivity index (χ1) is 24.8. The first kappa shape index (κ1) is 29.3. The number of benzene rings is 6. The molecule has 3 heterocycles. The van der Waals surface area contributed by atoms with Crippen molar-refractivity contribution < 1.29 is 0 Å². The van der Waals surface area contributed by atoms with Gasteiger partial charge in [-0.1, -0.05) is 152 Å². The number of para-hydroxylation sites is 1. The van der Waals surface area contributed by atoms with Gasteiger partial charge in [0.05, 0.1) is 16.9 Å². The predicted octanol–water partition coefficient (Wildman–Crippen LogP) is 11.0. The van der Waals surface area contributed by atoms with Crippen molar-refractivity contribution in [2.45, 2.75) is 0 Å². The average Bonchev–Trinajstić information content (AvgIpc) is 3.21. The number of hydrogen-bond acceptors (Lipinski definition) is 5. The maximum Gasteiger partial charge on any atom is 0.164 e. The highest BCUT2D eigenvalue weighted by Crippen LogP contribution is 2.33. The minimum atomic E-state index is 0.637. The average molecular weight is 640 g/mol. The van der Waals surface area contributed by atoms with Crippen molar-refractivity contribution in [2.75, 3.05) is 0 Å². The molecule has 0 N–H and O–H groups in total. The first-order valence-corrected chi connectivity index (χ1v) is 16.6. The van der Waals surface area contributed by atoms with Crippen LogP contribution in [0.1, 0.15) is 0 Å². The quantitative estimate of drug-likeness (QED) is 0.169. The van der Waals surface area contributed by atoms with E-state index < -0.39 is 0 Å². The van der Waals surface area contributed by atoms with Crippen molar-refractivity contribution in [1.82, 2.24) is 24.9 Å². The van der Waals surface area contributed by atoms with Gasteiger partial charge in [-0.15, -0.1) is 0 Å². The molecule has 0 atom stereocenters. The monoisotopic (exact) mass is 639 g/mol. The third-order valence-electron chi connectivity index (χ3n) is 8.99. The van der Waals surface area contributed by atoms with Crippen LogP contribution in [0, 0.1) is 0 Å². The molecule has 234 valence electrons. The second kappa shape index (κ2) is 12.6. The van der Waals surface area contributed by atoms with Gasteiger partial charge in [0.2, 0.25) is 0 Å². The lowest BCUT2D eigenvalue weighted by Gasteiger charge is -2.11. The van der Waals surface area contributed by atoms with Crippen LogP contribution in [-0.2, 0) is 0 Å². The summed E-state index contributed by atoms with van der Waals surface area (Å²) < 4.78 is 0. The van der Waals surface area contributed by atoms with Crippen LogP contribution in [-0.4, -0.2) is 24.9 Å². The number of aromatic nitrogens is 5. The van der Waals surface area contributed by atoms with Crippen LogP contribution in [0.15, 0.2) is 176 Å². The standard InChI is InChI=1S/C45H29N5/c1-3-12-31(13-4-1)43-48-44(32-14-5-2-6-15-32)50-45(49-43)33-24-22-30(23-25-33)34-16-11-17-35(28-34)36-26-27-41(46-29-36)42-39-20-8-7-18-37(39)38-19-9-10-21-40(38)47-42/h1-29H. The van der Waals surface area contributed by atoms with E-state index in [1.54, 1.807) is 0 Å². The summed E-state index contributed by atoms with van der Waals surface area (Å²) in [7, 11) is 0. The van der Waals surface area contributed by atoms with Crippen LogP contribution < -0.4 is 0 Å². The number of rotatable bonds is 6. The number of nitrogens with zero attached hydrogens (tertiary/aromatic N) is 5. The maximum atomic E-state index is 5.02. The SMILES string of the molecule is c1ccc(-c2nc(-c3ccccc3)nc(-c3ccc(-c4cccc(-c5ccc(-c6nc7ccccc7c7ccccc67)nc5)c4)cc3)n2)cc1. The molecule has 9 rings (SSSR count). The van der Waals surface area contributed by atoms with Gasteiger partial charge in [0.25, 0.3) is 0 Å². The molecule has 9 aromatic rings. The molecule has 6 aromatic carbocycles. The maximum absolute atomic E-state index is 5.02. The van der Waals surface area contributed by atoms with E-state index in [9.17, 15) is 0 Å². The molecule has 0 aliphatic carbocycles. The normalized spacial score (nSPS) is 11.2. The van der Waals surface area contributed by atoms with Crippen molar-refractivity contribution >= 4 is 21.7 Å². The van der Waals surface area contributed by atoms with Crippen molar-refractivity contribution in [3.05, 3.63) is 176 Å². The molecule has 5 nitrogen and oxygen atoms in total. The molecule has 0 saturated heterocycles. The fourth-order valence-electron chi connectivity index (χ4n) is 6.43. The smallest absolute Gasteiger partial charge is 0.164 e. The molecule has 50 heavy (non-hydrogen) atoms. The van der Waals surface area contributed by atoms with Crippen LogP contribution in [0.3, 0.4) is 0 Å². The lowest BCUT2D eigenvalue weighted by molar-refractivity contribution is 1.07. The summed E-state index contributed by atoms with van der Waals surface area (Å²) in [5.74, 6) is 1.93. The van der Waals surface area contributed by atoms with Crippen LogP contribution in [0.25, 0.3) is 89.5 Å². The number of pyridine rings is 2. The zero-order valence-electron chi connectivity index (χ0n) is 27.0. The highest BCUT2D eigenvalue weighted by Gasteiger charge is 2.14. The van der Waals surface area contributed by atoms with Crippen LogP contribution in [0.4, 0.5) is 0 Å². The summed E-state index contributed by atoms with van der Waals surface area (Å²) in [6.07, 6.45) is 1.94. The molecular weight excluding hydrogens is 611 g/mol. The summed E-state index contributed by atoms with van der Waals surface area (Å²) in [4.78, 5) is 24.5. The van der Waals surface area contributed by atoms with Gasteiger partial charge in [0.15, 0.2) is 17.5 Å². The molecule has 5 heteroatoms. The van der Waals surface area contributed by atoms with Gasteiger partial charge in [0.1, 0.15) is 0 Å². The second-order valence-corrected chi connectivity index (χ2v) is 12.2. The van der Waals surface area contributed by atoms with Crippen LogP contribution >= 0.6 is 0 Å². The van der Waals surface area contributed by atoms with Gasteiger partial charge in [-0.05, 0) is 40.3 Å². The van der Waals surface area contributed by atoms with Gasteiger partial charge in [-0.2, -0.15) is 0 Å². The van der Waals surface area contributed by atoms with E-state index in [0.717, 1.165) is 66.6 Å².